The molecule has 88 heavy (non-hydrogen) atoms. The Hall–Kier alpha value is -1.83. The maximum Gasteiger partial charge on any atom is 0.318 e. The third kappa shape index (κ3) is 10.4. The van der Waals surface area contributed by atoms with Crippen molar-refractivity contribution in [3.8, 4) is 0 Å². The van der Waals surface area contributed by atoms with E-state index in [-0.39, 0.29) is 25.7 Å². The molecule has 4 saturated carbocycles. The van der Waals surface area contributed by atoms with Gasteiger partial charge in [0, 0.05) is 16.7 Å². The summed E-state index contributed by atoms with van der Waals surface area (Å²) >= 11 is 0. The smallest absolute Gasteiger partial charge is 0.318 e. The Kier molecular flexibility index (Phi) is 18.9. The van der Waals surface area contributed by atoms with E-state index in [2.05, 4.69) is 33.8 Å². The van der Waals surface area contributed by atoms with E-state index in [9.17, 15) is 86.8 Å². The molecule has 28 heteroatoms. The Morgan fingerprint density at radius 1 is 0.523 bits per heavy atom. The lowest BCUT2D eigenvalue weighted by Gasteiger charge is -2.78. The van der Waals surface area contributed by atoms with Gasteiger partial charge in [0.25, 0.3) is 0 Å². The zero-order chi connectivity index (χ0) is 64.9. The van der Waals surface area contributed by atoms with E-state index in [1.807, 2.05) is 20.8 Å². The van der Waals surface area contributed by atoms with Crippen LogP contribution in [0.25, 0.3) is 0 Å². The second kappa shape index (κ2) is 24.1. The van der Waals surface area contributed by atoms with Gasteiger partial charge in [0.05, 0.1) is 63.1 Å². The fourth-order valence-electron chi connectivity index (χ4n) is 19.0. The molecule has 35 unspecified atom stereocenters. The number of aliphatic hydroxyl groups is 17. The van der Waals surface area contributed by atoms with Gasteiger partial charge >= 0.3 is 5.97 Å². The summed E-state index contributed by atoms with van der Waals surface area (Å²) in [4.78, 5) is 15.7. The van der Waals surface area contributed by atoms with Crippen LogP contribution in [-0.4, -0.2) is 285 Å². The number of hydrogen-bond donors (Lipinski definition) is 17. The largest absolute Gasteiger partial charge is 0.432 e. The van der Waals surface area contributed by atoms with Gasteiger partial charge in [-0.25, -0.2) is 0 Å². The van der Waals surface area contributed by atoms with Crippen molar-refractivity contribution in [1.82, 2.24) is 0 Å². The Balaban J connectivity index is 0.890. The van der Waals surface area contributed by atoms with Gasteiger partial charge in [-0.2, -0.15) is 0 Å². The van der Waals surface area contributed by atoms with Crippen LogP contribution < -0.4 is 0 Å². The van der Waals surface area contributed by atoms with Gasteiger partial charge in [0.15, 0.2) is 31.3 Å². The number of carbonyl (C=O) groups is 1. The summed E-state index contributed by atoms with van der Waals surface area (Å²) in [6.07, 6.45) is -39.8. The Morgan fingerprint density at radius 2 is 1.09 bits per heavy atom. The van der Waals surface area contributed by atoms with Crippen molar-refractivity contribution in [2.24, 2.45) is 49.2 Å². The number of aliphatic hydroxyl groups excluding tert-OH is 17. The monoisotopic (exact) mass is 1270 g/mol. The summed E-state index contributed by atoms with van der Waals surface area (Å²) in [7, 11) is 0. The van der Waals surface area contributed by atoms with E-state index < -0.39 is 247 Å². The summed E-state index contributed by atoms with van der Waals surface area (Å²) in [5.41, 5.74) is -7.69. The zero-order valence-electron chi connectivity index (χ0n) is 51.6. The molecule has 28 nitrogen and oxygen atoms in total. The van der Waals surface area contributed by atoms with E-state index in [1.165, 1.54) is 13.8 Å². The van der Waals surface area contributed by atoms with Gasteiger partial charge in [0.2, 0.25) is 6.29 Å². The van der Waals surface area contributed by atoms with Gasteiger partial charge in [-0.05, 0) is 85.9 Å². The second-order valence-electron chi connectivity index (χ2n) is 29.6. The molecule has 10 rings (SSSR count). The lowest BCUT2D eigenvalue weighted by Crippen LogP contribution is -2.77. The molecule has 10 aliphatic rings. The predicted octanol–water partition coefficient (Wildman–Crippen LogP) is -4.21. The first-order valence-corrected chi connectivity index (χ1v) is 31.1. The molecule has 5 aliphatic heterocycles. The van der Waals surface area contributed by atoms with Crippen molar-refractivity contribution in [3.63, 3.8) is 0 Å². The van der Waals surface area contributed by atoms with Gasteiger partial charge in [-0.1, -0.05) is 67.0 Å². The fraction of sp³-hybridized carbons (Fsp3) is 0.950. The minimum Gasteiger partial charge on any atom is -0.432 e. The Morgan fingerprint density at radius 3 is 1.73 bits per heavy atom. The normalized spacial score (nSPS) is 57.2. The lowest BCUT2D eigenvalue weighted by atomic mass is 9.27. The third-order valence-corrected chi connectivity index (χ3v) is 24.2. The molecule has 0 radical (unpaired) electrons. The molecule has 5 heterocycles. The van der Waals surface area contributed by atoms with E-state index >= 15 is 4.79 Å². The minimum absolute atomic E-state index is 0.00764. The second-order valence-corrected chi connectivity index (χ2v) is 29.6. The molecule has 17 N–H and O–H groups in total. The summed E-state index contributed by atoms with van der Waals surface area (Å²) in [6, 6.07) is 0. The van der Waals surface area contributed by atoms with Crippen LogP contribution in [-0.2, 0) is 52.2 Å². The quantitative estimate of drug-likeness (QED) is 0.0500. The lowest BCUT2D eigenvalue weighted by molar-refractivity contribution is -0.377. The minimum atomic E-state index is -2.01. The first kappa shape index (κ1) is 69.0. The molecule has 5 saturated heterocycles. The van der Waals surface area contributed by atoms with Gasteiger partial charge in [-0.15, -0.1) is 0 Å². The number of carbonyl (C=O) groups excluding carboxylic acids is 1. The summed E-state index contributed by atoms with van der Waals surface area (Å²) in [6.45, 7) is 16.4. The molecule has 9 fully saturated rings. The topological polar surface area (TPSA) is 453 Å². The van der Waals surface area contributed by atoms with Gasteiger partial charge in [0.1, 0.15) is 97.0 Å². The van der Waals surface area contributed by atoms with Crippen LogP contribution in [0.4, 0.5) is 0 Å². The number of rotatable bonds is 12. The van der Waals surface area contributed by atoms with E-state index in [0.717, 1.165) is 5.57 Å². The van der Waals surface area contributed by atoms with Crippen LogP contribution in [0.1, 0.15) is 114 Å². The number of ether oxygens (including phenoxy) is 10. The molecule has 0 aromatic heterocycles. The molecule has 0 bridgehead atoms. The summed E-state index contributed by atoms with van der Waals surface area (Å²) < 4.78 is 59.1. The zero-order valence-corrected chi connectivity index (χ0v) is 51.6. The van der Waals surface area contributed by atoms with Crippen molar-refractivity contribution in [1.29, 1.82) is 0 Å². The van der Waals surface area contributed by atoms with Gasteiger partial charge in [-0.3, -0.25) is 4.79 Å². The highest BCUT2D eigenvalue weighted by molar-refractivity contribution is 5.81. The molecule has 0 aromatic carbocycles. The fourth-order valence-corrected chi connectivity index (χ4v) is 19.0. The van der Waals surface area contributed by atoms with Crippen molar-refractivity contribution in [2.75, 3.05) is 26.4 Å². The number of fused-ring (bicyclic) bond motifs is 7. The van der Waals surface area contributed by atoms with Crippen molar-refractivity contribution in [2.45, 2.75) is 280 Å². The number of allylic oxidation sites excluding steroid dienone is 2. The molecule has 0 aromatic rings. The van der Waals surface area contributed by atoms with Crippen LogP contribution in [0.2, 0.25) is 0 Å². The molecule has 35 atom stereocenters. The van der Waals surface area contributed by atoms with Gasteiger partial charge < -0.3 is 134 Å². The molecule has 0 amide bonds. The highest BCUT2D eigenvalue weighted by Crippen LogP contribution is 2.82. The molecule has 506 valence electrons. The first-order chi connectivity index (χ1) is 40.9. The molecular weight excluding hydrogens is 1170 g/mol. The molecule has 0 spiro atoms. The van der Waals surface area contributed by atoms with Crippen LogP contribution in [0.5, 0.6) is 0 Å². The standard InChI is InChI=1S/C60H98O28/c1-23-32(68)35(71)38(74)48(81-23)85-43-28(66)20-79-47(41(43)77)84-42-24(2)82-49(40(76)37(42)73)86-44-33(69)27(65)19-80-51(44)88-52(78)60-14-13-53(3,4)21-57(60,8)30-11-12-58(9)56(7)15-26(64)46(87-50-39(75)36(72)34(70)29(18-61)83-50)54(5,22-62)45(56)25(63)16-59(58,10)55(30,6)17-31(60)67/h11,23-29,31-51,61-77H,12-22H2,1-10H3. The predicted molar refractivity (Wildman–Crippen MR) is 295 cm³/mol. The summed E-state index contributed by atoms with van der Waals surface area (Å²) in [5, 5.41) is 191. The van der Waals surface area contributed by atoms with Crippen molar-refractivity contribution in [3.05, 3.63) is 11.6 Å². The third-order valence-electron chi connectivity index (χ3n) is 24.2. The SMILES string of the molecule is CC1OC(OC2C(O)COC(OC3C(C)OC(OC4C(OC(=O)C56CCC(C)(C)CC5(C)C5=CCC7(C)C8(C)CC(O)C(OC9OC(CO)C(O)C(O)C9O)C(C)(CO)C8C(O)CC7(C)C5(C)CC6O)OCC(O)C4O)C(O)C3O)C2O)C(O)C(O)C1O. The average molecular weight is 1270 g/mol. The van der Waals surface area contributed by atoms with E-state index in [0.29, 0.717) is 19.3 Å². The van der Waals surface area contributed by atoms with Crippen LogP contribution in [0.3, 0.4) is 0 Å². The van der Waals surface area contributed by atoms with E-state index in [4.69, 9.17) is 47.4 Å². The first-order valence-electron chi connectivity index (χ1n) is 31.1. The maximum absolute atomic E-state index is 15.7. The summed E-state index contributed by atoms with van der Waals surface area (Å²) in [5.74, 6) is -1.70. The van der Waals surface area contributed by atoms with Crippen LogP contribution >= 0.6 is 0 Å². The van der Waals surface area contributed by atoms with E-state index in [1.54, 1.807) is 6.92 Å². The number of esters is 1. The van der Waals surface area contributed by atoms with Crippen molar-refractivity contribution >= 4 is 5.97 Å². The maximum atomic E-state index is 15.7. The van der Waals surface area contributed by atoms with Crippen LogP contribution in [0, 0.1) is 49.2 Å². The molecular formula is C60H98O28. The highest BCUT2D eigenvalue weighted by Gasteiger charge is 2.80. The Labute approximate surface area is 510 Å². The Bertz CT molecular complexity index is 2530. The van der Waals surface area contributed by atoms with Crippen LogP contribution in [0.15, 0.2) is 11.6 Å². The highest BCUT2D eigenvalue weighted by atomic mass is 16.8. The average Bonchev–Trinajstić information content (AvgIpc) is 0.650. The molecule has 5 aliphatic carbocycles. The number of hydrogen-bond acceptors (Lipinski definition) is 28. The van der Waals surface area contributed by atoms with Crippen molar-refractivity contribution < 1.29 is 139 Å².